The Morgan fingerprint density at radius 1 is 1.11 bits per heavy atom. The molecule has 0 unspecified atom stereocenters. The average molecular weight is 276 g/mol. The first-order valence-electron chi connectivity index (χ1n) is 6.36. The van der Waals surface area contributed by atoms with Crippen molar-refractivity contribution >= 4 is 17.4 Å². The van der Waals surface area contributed by atoms with Crippen LogP contribution in [-0.2, 0) is 0 Å². The molecule has 0 bridgehead atoms. The molecule has 0 radical (unpaired) electrons. The second kappa shape index (κ2) is 6.36. The van der Waals surface area contributed by atoms with E-state index in [1.54, 1.807) is 0 Å². The lowest BCUT2D eigenvalue weighted by Crippen LogP contribution is -2.18. The van der Waals surface area contributed by atoms with Gasteiger partial charge in [0.05, 0.1) is 0 Å². The molecule has 0 aliphatic heterocycles. The molecular weight excluding hydrogens is 262 g/mol. The van der Waals surface area contributed by atoms with E-state index >= 15 is 0 Å². The van der Waals surface area contributed by atoms with Gasteiger partial charge in [0.2, 0.25) is 0 Å². The van der Waals surface area contributed by atoms with Crippen LogP contribution in [0.25, 0.3) is 0 Å². The van der Waals surface area contributed by atoms with Gasteiger partial charge in [0, 0.05) is 6.54 Å². The van der Waals surface area contributed by atoms with Gasteiger partial charge in [0.1, 0.15) is 12.1 Å². The highest BCUT2D eigenvalue weighted by atomic mass is 35.5. The van der Waals surface area contributed by atoms with Crippen LogP contribution >= 0.6 is 11.6 Å². The zero-order valence-electron chi connectivity index (χ0n) is 10.5. The van der Waals surface area contributed by atoms with Gasteiger partial charge in [-0.2, -0.15) is 10.5 Å². The molecule has 1 N–H and O–H groups in total. The molecule has 19 heavy (non-hydrogen) atoms. The highest BCUT2D eigenvalue weighted by molar-refractivity contribution is 6.31. The van der Waals surface area contributed by atoms with Crippen LogP contribution in [0.5, 0.6) is 0 Å². The van der Waals surface area contributed by atoms with Crippen molar-refractivity contribution in [2.24, 2.45) is 5.92 Å². The molecule has 1 aliphatic rings. The van der Waals surface area contributed by atoms with Gasteiger partial charge in [-0.3, -0.25) is 0 Å². The maximum atomic E-state index is 8.91. The van der Waals surface area contributed by atoms with Crippen molar-refractivity contribution in [3.63, 3.8) is 0 Å². The van der Waals surface area contributed by atoms with Gasteiger partial charge in [0.25, 0.3) is 0 Å². The van der Waals surface area contributed by atoms with Crippen LogP contribution in [0, 0.1) is 28.6 Å². The Labute approximate surface area is 117 Å². The number of aromatic nitrogens is 2. The molecule has 0 saturated heterocycles. The molecule has 1 aromatic rings. The van der Waals surface area contributed by atoms with Crippen LogP contribution in [0.1, 0.15) is 43.5 Å². The summed E-state index contributed by atoms with van der Waals surface area (Å²) in [6, 6.07) is 3.67. The number of rotatable bonds is 3. The minimum absolute atomic E-state index is 0.0121. The second-order valence-corrected chi connectivity index (χ2v) is 5.03. The van der Waals surface area contributed by atoms with Crippen molar-refractivity contribution in [2.45, 2.75) is 32.1 Å². The van der Waals surface area contributed by atoms with E-state index in [1.807, 2.05) is 12.1 Å². The van der Waals surface area contributed by atoms with E-state index in [1.165, 1.54) is 32.1 Å². The number of halogens is 1. The lowest BCUT2D eigenvalue weighted by Gasteiger charge is -2.22. The molecule has 1 heterocycles. The summed E-state index contributed by atoms with van der Waals surface area (Å²) in [7, 11) is 0. The van der Waals surface area contributed by atoms with Gasteiger partial charge in [-0.15, -0.1) is 0 Å². The van der Waals surface area contributed by atoms with Crippen molar-refractivity contribution < 1.29 is 0 Å². The van der Waals surface area contributed by atoms with Crippen molar-refractivity contribution in [2.75, 3.05) is 11.9 Å². The number of hydrogen-bond donors (Lipinski definition) is 1. The molecular formula is C13H14ClN5. The Morgan fingerprint density at radius 2 is 1.74 bits per heavy atom. The molecule has 0 spiro atoms. The number of anilines is 1. The fraction of sp³-hybridized carbons (Fsp3) is 0.538. The van der Waals surface area contributed by atoms with Gasteiger partial charge in [-0.25, -0.2) is 9.97 Å². The quantitative estimate of drug-likeness (QED) is 0.917. The topological polar surface area (TPSA) is 85.4 Å². The van der Waals surface area contributed by atoms with Crippen LogP contribution in [-0.4, -0.2) is 16.5 Å². The lowest BCUT2D eigenvalue weighted by atomic mass is 9.89. The lowest BCUT2D eigenvalue weighted by molar-refractivity contribution is 0.373. The first kappa shape index (κ1) is 13.6. The fourth-order valence-electron chi connectivity index (χ4n) is 2.32. The molecule has 1 aromatic heterocycles. The molecule has 98 valence electrons. The first-order chi connectivity index (χ1) is 9.24. The molecule has 0 aromatic carbocycles. The van der Waals surface area contributed by atoms with E-state index in [2.05, 4.69) is 15.3 Å². The third-order valence-electron chi connectivity index (χ3n) is 3.35. The summed E-state index contributed by atoms with van der Waals surface area (Å²) in [5.41, 5.74) is -0.0197. The third-order valence-corrected chi connectivity index (χ3v) is 3.61. The predicted molar refractivity (Wildman–Crippen MR) is 71.5 cm³/mol. The summed E-state index contributed by atoms with van der Waals surface area (Å²) in [6.07, 6.45) is 6.26. The smallest absolute Gasteiger partial charge is 0.179 e. The number of hydrogen-bond acceptors (Lipinski definition) is 5. The summed E-state index contributed by atoms with van der Waals surface area (Å²) < 4.78 is 0. The average Bonchev–Trinajstić information content (AvgIpc) is 2.46. The monoisotopic (exact) mass is 275 g/mol. The number of nitrogens with zero attached hydrogens (tertiary/aromatic N) is 4. The van der Waals surface area contributed by atoms with E-state index in [-0.39, 0.29) is 16.5 Å². The molecule has 1 aliphatic carbocycles. The maximum absolute atomic E-state index is 8.91. The van der Waals surface area contributed by atoms with Gasteiger partial charge in [0.15, 0.2) is 22.4 Å². The minimum Gasteiger partial charge on any atom is -0.367 e. The Morgan fingerprint density at radius 3 is 2.37 bits per heavy atom. The van der Waals surface area contributed by atoms with Crippen molar-refractivity contribution in [1.29, 1.82) is 10.5 Å². The second-order valence-electron chi connectivity index (χ2n) is 4.67. The Hall–Kier alpha value is -1.85. The van der Waals surface area contributed by atoms with Crippen molar-refractivity contribution in [3.8, 4) is 12.1 Å². The van der Waals surface area contributed by atoms with Crippen LogP contribution in [0.3, 0.4) is 0 Å². The van der Waals surface area contributed by atoms with E-state index < -0.39 is 0 Å². The van der Waals surface area contributed by atoms with Gasteiger partial charge in [-0.1, -0.05) is 30.9 Å². The largest absolute Gasteiger partial charge is 0.367 e. The van der Waals surface area contributed by atoms with Gasteiger partial charge >= 0.3 is 0 Å². The molecule has 0 amide bonds. The van der Waals surface area contributed by atoms with Crippen LogP contribution in [0.15, 0.2) is 0 Å². The summed E-state index contributed by atoms with van der Waals surface area (Å²) in [6.45, 7) is 0.783. The first-order valence-corrected chi connectivity index (χ1v) is 6.74. The van der Waals surface area contributed by atoms with Crippen LogP contribution in [0.4, 0.5) is 5.82 Å². The van der Waals surface area contributed by atoms with Gasteiger partial charge in [-0.05, 0) is 18.8 Å². The van der Waals surface area contributed by atoms with Crippen molar-refractivity contribution in [1.82, 2.24) is 9.97 Å². The molecule has 0 atom stereocenters. The summed E-state index contributed by atoms with van der Waals surface area (Å²) in [4.78, 5) is 7.94. The number of nitriles is 2. The molecule has 5 nitrogen and oxygen atoms in total. The predicted octanol–water partition coefficient (Wildman–Crippen LogP) is 2.87. The normalized spacial score (nSPS) is 15.5. The highest BCUT2D eigenvalue weighted by Gasteiger charge is 2.16. The summed E-state index contributed by atoms with van der Waals surface area (Å²) >= 11 is 5.96. The summed E-state index contributed by atoms with van der Waals surface area (Å²) in [5.74, 6) is 1.01. The van der Waals surface area contributed by atoms with E-state index in [9.17, 15) is 0 Å². The standard InChI is InChI=1S/C13H14ClN5/c14-12-13(17-8-9-4-2-1-3-5-9)19-11(7-16)10(6-15)18-12/h9H,1-5,8H2,(H,17,19). The highest BCUT2D eigenvalue weighted by Crippen LogP contribution is 2.25. The minimum atomic E-state index is -0.0317. The van der Waals surface area contributed by atoms with E-state index in [0.29, 0.717) is 11.7 Å². The fourth-order valence-corrected chi connectivity index (χ4v) is 2.51. The van der Waals surface area contributed by atoms with Gasteiger partial charge < -0.3 is 5.32 Å². The molecule has 1 saturated carbocycles. The number of nitrogens with one attached hydrogen (secondary N) is 1. The molecule has 6 heteroatoms. The Kier molecular flexibility index (Phi) is 4.54. The maximum Gasteiger partial charge on any atom is 0.179 e. The molecule has 1 fully saturated rings. The Bertz CT molecular complexity index is 537. The van der Waals surface area contributed by atoms with E-state index in [0.717, 1.165) is 6.54 Å². The van der Waals surface area contributed by atoms with E-state index in [4.69, 9.17) is 22.1 Å². The molecule has 2 rings (SSSR count). The summed E-state index contributed by atoms with van der Waals surface area (Å²) in [5, 5.41) is 21.0. The van der Waals surface area contributed by atoms with Crippen LogP contribution in [0.2, 0.25) is 5.15 Å². The van der Waals surface area contributed by atoms with Crippen molar-refractivity contribution in [3.05, 3.63) is 16.5 Å². The Balaban J connectivity index is 2.08. The SMILES string of the molecule is N#Cc1nc(Cl)c(NCC2CCCCC2)nc1C#N. The zero-order valence-corrected chi connectivity index (χ0v) is 11.2. The zero-order chi connectivity index (χ0) is 13.7. The third kappa shape index (κ3) is 3.33. The van der Waals surface area contributed by atoms with Crippen LogP contribution < -0.4 is 5.32 Å².